The van der Waals surface area contributed by atoms with E-state index in [-0.39, 0.29) is 6.04 Å². The molecule has 3 N–H and O–H groups in total. The molecule has 0 saturated carbocycles. The monoisotopic (exact) mass is 449 g/mol. The van der Waals surface area contributed by atoms with Crippen LogP contribution in [0.4, 0.5) is 0 Å². The molecule has 0 radical (unpaired) electrons. The Morgan fingerprint density at radius 3 is 2.67 bits per heavy atom. The molecule has 0 saturated heterocycles. The van der Waals surface area contributed by atoms with E-state index in [4.69, 9.17) is 5.73 Å². The summed E-state index contributed by atoms with van der Waals surface area (Å²) in [5.74, 6) is 0.680. The Hall–Kier alpha value is -3.53. The average Bonchev–Trinajstić information content (AvgIpc) is 3.50. The molecule has 0 aliphatic rings. The molecule has 3 heterocycles. The number of carbonyl (C=O) groups is 1. The van der Waals surface area contributed by atoms with Gasteiger partial charge in [0.15, 0.2) is 11.6 Å². The molecule has 0 fully saturated rings. The average molecular weight is 450 g/mol. The summed E-state index contributed by atoms with van der Waals surface area (Å²) in [5.41, 5.74) is 9.44. The first-order chi connectivity index (χ1) is 15.8. The van der Waals surface area contributed by atoms with Crippen molar-refractivity contribution >= 4 is 16.8 Å². The van der Waals surface area contributed by atoms with E-state index < -0.39 is 5.91 Å². The first-order valence-electron chi connectivity index (χ1n) is 11.2. The van der Waals surface area contributed by atoms with Crippen molar-refractivity contribution in [3.8, 4) is 22.9 Å². The second-order valence-electron chi connectivity index (χ2n) is 8.71. The van der Waals surface area contributed by atoms with Gasteiger partial charge < -0.3 is 15.6 Å². The SMILES string of the molecule is CCn1nc(C)cc1-c1nnc(-c2cc(C(N)=O)cc3c2cnn3[C@H](C)CCCN(C)C)[nH]1. The number of primary amides is 1. The Morgan fingerprint density at radius 1 is 1.21 bits per heavy atom. The molecule has 4 rings (SSSR count). The predicted molar refractivity (Wildman–Crippen MR) is 128 cm³/mol. The van der Waals surface area contributed by atoms with Gasteiger partial charge in [0.2, 0.25) is 5.91 Å². The van der Waals surface area contributed by atoms with Crippen molar-refractivity contribution in [2.75, 3.05) is 20.6 Å². The molecule has 174 valence electrons. The number of nitrogens with one attached hydrogen (secondary N) is 1. The summed E-state index contributed by atoms with van der Waals surface area (Å²) in [4.78, 5) is 17.6. The number of aromatic nitrogens is 7. The van der Waals surface area contributed by atoms with Crippen LogP contribution in [0, 0.1) is 6.92 Å². The number of nitrogens with zero attached hydrogens (tertiary/aromatic N) is 7. The number of carbonyl (C=O) groups excluding carboxylic acids is 1. The molecule has 4 aromatic rings. The number of H-pyrrole nitrogens is 1. The van der Waals surface area contributed by atoms with Crippen LogP contribution in [0.3, 0.4) is 0 Å². The number of rotatable bonds is 9. The Balaban J connectivity index is 1.76. The third-order valence-electron chi connectivity index (χ3n) is 5.83. The lowest BCUT2D eigenvalue weighted by molar-refractivity contribution is 0.100. The second-order valence-corrected chi connectivity index (χ2v) is 8.71. The number of nitrogens with two attached hydrogens (primary N) is 1. The highest BCUT2D eigenvalue weighted by molar-refractivity contribution is 6.02. The summed E-state index contributed by atoms with van der Waals surface area (Å²) in [6.07, 6.45) is 3.84. The molecule has 0 spiro atoms. The molecule has 1 amide bonds. The third kappa shape index (κ3) is 4.51. The van der Waals surface area contributed by atoms with Crippen molar-refractivity contribution in [2.24, 2.45) is 5.73 Å². The number of hydrogen-bond acceptors (Lipinski definition) is 6. The molecule has 3 aromatic heterocycles. The normalized spacial score (nSPS) is 12.7. The second kappa shape index (κ2) is 9.14. The summed E-state index contributed by atoms with van der Waals surface area (Å²) < 4.78 is 3.84. The van der Waals surface area contributed by atoms with E-state index in [1.807, 2.05) is 41.5 Å². The molecule has 0 unspecified atom stereocenters. The van der Waals surface area contributed by atoms with Crippen LogP contribution in [0.1, 0.15) is 48.8 Å². The minimum atomic E-state index is -0.495. The molecule has 0 bridgehead atoms. The van der Waals surface area contributed by atoms with Gasteiger partial charge in [-0.1, -0.05) is 0 Å². The van der Waals surface area contributed by atoms with E-state index in [1.165, 1.54) is 0 Å². The minimum absolute atomic E-state index is 0.172. The van der Waals surface area contributed by atoms with E-state index in [0.29, 0.717) is 17.2 Å². The number of aryl methyl sites for hydroxylation is 2. The lowest BCUT2D eigenvalue weighted by Crippen LogP contribution is -2.15. The lowest BCUT2D eigenvalue weighted by atomic mass is 10.0. The van der Waals surface area contributed by atoms with Gasteiger partial charge in [-0.3, -0.25) is 14.2 Å². The van der Waals surface area contributed by atoms with Crippen LogP contribution in [-0.2, 0) is 6.54 Å². The summed E-state index contributed by atoms with van der Waals surface area (Å²) in [6.45, 7) is 7.84. The van der Waals surface area contributed by atoms with Crippen molar-refractivity contribution < 1.29 is 4.79 Å². The van der Waals surface area contributed by atoms with Crippen molar-refractivity contribution in [3.05, 3.63) is 35.7 Å². The van der Waals surface area contributed by atoms with Crippen LogP contribution < -0.4 is 5.73 Å². The van der Waals surface area contributed by atoms with Crippen LogP contribution in [0.2, 0.25) is 0 Å². The van der Waals surface area contributed by atoms with Crippen LogP contribution in [0.25, 0.3) is 33.8 Å². The summed E-state index contributed by atoms with van der Waals surface area (Å²) >= 11 is 0. The molecule has 1 atom stereocenters. The van der Waals surface area contributed by atoms with E-state index in [1.54, 1.807) is 6.07 Å². The number of benzene rings is 1. The number of amides is 1. The van der Waals surface area contributed by atoms with E-state index in [2.05, 4.69) is 51.3 Å². The van der Waals surface area contributed by atoms with Gasteiger partial charge in [-0.2, -0.15) is 10.2 Å². The van der Waals surface area contributed by atoms with Gasteiger partial charge >= 0.3 is 0 Å². The topological polar surface area (TPSA) is 124 Å². The molecule has 10 nitrogen and oxygen atoms in total. The molecule has 0 aliphatic heterocycles. The highest BCUT2D eigenvalue weighted by Crippen LogP contribution is 2.31. The molecule has 33 heavy (non-hydrogen) atoms. The summed E-state index contributed by atoms with van der Waals surface area (Å²) in [7, 11) is 4.14. The highest BCUT2D eigenvalue weighted by Gasteiger charge is 2.20. The Kier molecular flexibility index (Phi) is 6.28. The van der Waals surface area contributed by atoms with Gasteiger partial charge in [-0.25, -0.2) is 0 Å². The van der Waals surface area contributed by atoms with Crippen molar-refractivity contribution in [3.63, 3.8) is 0 Å². The third-order valence-corrected chi connectivity index (χ3v) is 5.83. The predicted octanol–water partition coefficient (Wildman–Crippen LogP) is 3.01. The summed E-state index contributed by atoms with van der Waals surface area (Å²) in [5, 5.41) is 18.8. The molecule has 0 aliphatic carbocycles. The fraction of sp³-hybridized carbons (Fsp3) is 0.435. The van der Waals surface area contributed by atoms with Gasteiger partial charge in [-0.15, -0.1) is 10.2 Å². The molecular formula is C23H31N9O. The summed E-state index contributed by atoms with van der Waals surface area (Å²) in [6, 6.07) is 5.70. The van der Waals surface area contributed by atoms with Gasteiger partial charge in [0.05, 0.1) is 17.4 Å². The standard InChI is InChI=1S/C23H31N9O/c1-6-31-20(10-14(2)29-31)23-26-22(27-28-23)17-11-16(21(24)33)12-19-18(17)13-25-32(19)15(3)8-7-9-30(4)5/h10-13,15H,6-9H2,1-5H3,(H2,24,33)(H,26,27,28)/t15-/m1/s1. The molecule has 10 heteroatoms. The maximum atomic E-state index is 12.1. The number of aromatic amines is 1. The largest absolute Gasteiger partial charge is 0.366 e. The fourth-order valence-electron chi connectivity index (χ4n) is 4.14. The highest BCUT2D eigenvalue weighted by atomic mass is 16.1. The van der Waals surface area contributed by atoms with Crippen LogP contribution in [-0.4, -0.2) is 66.2 Å². The lowest BCUT2D eigenvalue weighted by Gasteiger charge is -2.16. The Bertz CT molecular complexity index is 1280. The Labute approximate surface area is 192 Å². The number of fused-ring (bicyclic) bond motifs is 1. The Morgan fingerprint density at radius 2 is 1.97 bits per heavy atom. The fourth-order valence-corrected chi connectivity index (χ4v) is 4.14. The van der Waals surface area contributed by atoms with Crippen molar-refractivity contribution in [1.29, 1.82) is 0 Å². The van der Waals surface area contributed by atoms with Gasteiger partial charge in [0.25, 0.3) is 0 Å². The quantitative estimate of drug-likeness (QED) is 0.405. The minimum Gasteiger partial charge on any atom is -0.366 e. The van der Waals surface area contributed by atoms with Crippen LogP contribution >= 0.6 is 0 Å². The maximum absolute atomic E-state index is 12.1. The van der Waals surface area contributed by atoms with Crippen molar-refractivity contribution in [2.45, 2.75) is 46.2 Å². The molecule has 1 aromatic carbocycles. The molecular weight excluding hydrogens is 418 g/mol. The van der Waals surface area contributed by atoms with Crippen LogP contribution in [0.15, 0.2) is 24.4 Å². The van der Waals surface area contributed by atoms with Gasteiger partial charge in [0, 0.05) is 29.1 Å². The van der Waals surface area contributed by atoms with E-state index in [9.17, 15) is 4.79 Å². The first-order valence-corrected chi connectivity index (χ1v) is 11.2. The zero-order valence-corrected chi connectivity index (χ0v) is 19.8. The smallest absolute Gasteiger partial charge is 0.248 e. The number of hydrogen-bond donors (Lipinski definition) is 2. The first kappa shape index (κ1) is 22.7. The van der Waals surface area contributed by atoms with Gasteiger partial charge in [-0.05, 0) is 72.5 Å². The maximum Gasteiger partial charge on any atom is 0.248 e. The zero-order valence-electron chi connectivity index (χ0n) is 19.8. The van der Waals surface area contributed by atoms with Crippen LogP contribution in [0.5, 0.6) is 0 Å². The van der Waals surface area contributed by atoms with Gasteiger partial charge in [0.1, 0.15) is 5.69 Å². The van der Waals surface area contributed by atoms with E-state index in [0.717, 1.165) is 53.8 Å². The zero-order chi connectivity index (χ0) is 23.7. The van der Waals surface area contributed by atoms with E-state index >= 15 is 0 Å². The van der Waals surface area contributed by atoms with Crippen molar-refractivity contribution in [1.82, 2.24) is 39.6 Å².